The van der Waals surface area contributed by atoms with Crippen LogP contribution in [0.25, 0.3) is 0 Å². The Balaban J connectivity index is 2.13. The Labute approximate surface area is 132 Å². The smallest absolute Gasteiger partial charge is 0.0380 e. The van der Waals surface area contributed by atoms with Gasteiger partial charge in [0.25, 0.3) is 0 Å². The first-order valence-electron chi connectivity index (χ1n) is 7.82. The van der Waals surface area contributed by atoms with Crippen LogP contribution in [0.3, 0.4) is 0 Å². The van der Waals surface area contributed by atoms with Crippen molar-refractivity contribution in [3.05, 3.63) is 28.2 Å². The maximum absolute atomic E-state index is 3.76. The Hall–Kier alpha value is -0.540. The van der Waals surface area contributed by atoms with E-state index in [-0.39, 0.29) is 0 Å². The molecule has 112 valence electrons. The lowest BCUT2D eigenvalue weighted by molar-refractivity contribution is 0.569. The molecule has 0 saturated carbocycles. The topological polar surface area (TPSA) is 15.3 Å². The third kappa shape index (κ3) is 3.56. The largest absolute Gasteiger partial charge is 0.369 e. The molecule has 3 unspecified atom stereocenters. The molecule has 1 saturated heterocycles. The number of halogens is 1. The van der Waals surface area contributed by atoms with Crippen LogP contribution in [0.15, 0.2) is 22.7 Å². The minimum Gasteiger partial charge on any atom is -0.369 e. The molecule has 1 aromatic carbocycles. The Bertz CT molecular complexity index is 447. The van der Waals surface area contributed by atoms with E-state index in [0.717, 1.165) is 12.5 Å². The normalized spacial score (nSPS) is 24.1. The lowest BCUT2D eigenvalue weighted by atomic mass is 10.1. The molecule has 3 atom stereocenters. The minimum absolute atomic E-state index is 0.397. The third-order valence-electron chi connectivity index (χ3n) is 4.27. The highest BCUT2D eigenvalue weighted by Crippen LogP contribution is 2.33. The SMILES string of the molecule is CCCNC(C)c1ccc(N2CC(C)CC2C)cc1Br. The van der Waals surface area contributed by atoms with Gasteiger partial charge in [0.15, 0.2) is 0 Å². The van der Waals surface area contributed by atoms with E-state index in [9.17, 15) is 0 Å². The number of rotatable bonds is 5. The highest BCUT2D eigenvalue weighted by Gasteiger charge is 2.26. The van der Waals surface area contributed by atoms with Gasteiger partial charge in [-0.25, -0.2) is 0 Å². The van der Waals surface area contributed by atoms with Gasteiger partial charge in [0.1, 0.15) is 0 Å². The molecule has 3 heteroatoms. The molecule has 2 nitrogen and oxygen atoms in total. The fourth-order valence-electron chi connectivity index (χ4n) is 3.18. The zero-order valence-electron chi connectivity index (χ0n) is 13.1. The molecule has 1 aromatic rings. The molecule has 20 heavy (non-hydrogen) atoms. The second kappa shape index (κ2) is 6.95. The van der Waals surface area contributed by atoms with Crippen molar-refractivity contribution in [3.63, 3.8) is 0 Å². The zero-order valence-corrected chi connectivity index (χ0v) is 14.7. The molecule has 0 bridgehead atoms. The van der Waals surface area contributed by atoms with Crippen LogP contribution in [-0.2, 0) is 0 Å². The maximum Gasteiger partial charge on any atom is 0.0380 e. The summed E-state index contributed by atoms with van der Waals surface area (Å²) in [6.07, 6.45) is 2.47. The predicted octanol–water partition coefficient (Wildman–Crippen LogP) is 4.74. The van der Waals surface area contributed by atoms with Crippen molar-refractivity contribution in [1.29, 1.82) is 0 Å². The first kappa shape index (κ1) is 15.8. The molecule has 1 fully saturated rings. The maximum atomic E-state index is 3.76. The van der Waals surface area contributed by atoms with Gasteiger partial charge >= 0.3 is 0 Å². The summed E-state index contributed by atoms with van der Waals surface area (Å²) in [6.45, 7) is 11.4. The van der Waals surface area contributed by atoms with Gasteiger partial charge in [0, 0.05) is 28.8 Å². The molecule has 0 aromatic heterocycles. The van der Waals surface area contributed by atoms with Crippen LogP contribution >= 0.6 is 15.9 Å². The first-order valence-corrected chi connectivity index (χ1v) is 8.61. The van der Waals surface area contributed by atoms with Crippen molar-refractivity contribution in [2.75, 3.05) is 18.0 Å². The van der Waals surface area contributed by atoms with Crippen LogP contribution < -0.4 is 10.2 Å². The lowest BCUT2D eigenvalue weighted by Gasteiger charge is -2.25. The monoisotopic (exact) mass is 338 g/mol. The molecular weight excluding hydrogens is 312 g/mol. The van der Waals surface area contributed by atoms with Crippen molar-refractivity contribution >= 4 is 21.6 Å². The highest BCUT2D eigenvalue weighted by molar-refractivity contribution is 9.10. The van der Waals surface area contributed by atoms with Gasteiger partial charge in [-0.05, 0) is 56.8 Å². The zero-order chi connectivity index (χ0) is 14.7. The summed E-state index contributed by atoms with van der Waals surface area (Å²) >= 11 is 3.76. The lowest BCUT2D eigenvalue weighted by Crippen LogP contribution is -2.26. The van der Waals surface area contributed by atoms with Crippen LogP contribution in [0, 0.1) is 5.92 Å². The van der Waals surface area contributed by atoms with Crippen molar-refractivity contribution in [2.45, 2.75) is 52.6 Å². The number of nitrogens with zero attached hydrogens (tertiary/aromatic N) is 1. The van der Waals surface area contributed by atoms with Crippen molar-refractivity contribution in [3.8, 4) is 0 Å². The minimum atomic E-state index is 0.397. The highest BCUT2D eigenvalue weighted by atomic mass is 79.9. The van der Waals surface area contributed by atoms with E-state index in [1.165, 1.54) is 35.1 Å². The van der Waals surface area contributed by atoms with Gasteiger partial charge in [0.05, 0.1) is 0 Å². The van der Waals surface area contributed by atoms with E-state index in [1.807, 2.05) is 0 Å². The van der Waals surface area contributed by atoms with E-state index in [2.05, 4.69) is 72.0 Å². The number of hydrogen-bond acceptors (Lipinski definition) is 2. The van der Waals surface area contributed by atoms with E-state index in [1.54, 1.807) is 0 Å². The predicted molar refractivity (Wildman–Crippen MR) is 91.4 cm³/mol. The van der Waals surface area contributed by atoms with Crippen molar-refractivity contribution in [2.24, 2.45) is 5.92 Å². The average Bonchev–Trinajstić information content (AvgIpc) is 2.75. The van der Waals surface area contributed by atoms with Crippen LogP contribution in [0.1, 0.15) is 52.1 Å². The third-order valence-corrected chi connectivity index (χ3v) is 4.95. The van der Waals surface area contributed by atoms with Crippen molar-refractivity contribution in [1.82, 2.24) is 5.32 Å². The standard InChI is InChI=1S/C17H27BrN2/c1-5-8-19-14(4)16-7-6-15(10-17(16)18)20-11-12(2)9-13(20)3/h6-7,10,12-14,19H,5,8-9,11H2,1-4H3. The molecular formula is C17H27BrN2. The van der Waals surface area contributed by atoms with Gasteiger partial charge in [-0.3, -0.25) is 0 Å². The van der Waals surface area contributed by atoms with E-state index in [0.29, 0.717) is 12.1 Å². The Morgan fingerprint density at radius 3 is 2.70 bits per heavy atom. The fourth-order valence-corrected chi connectivity index (χ4v) is 3.89. The fraction of sp³-hybridized carbons (Fsp3) is 0.647. The van der Waals surface area contributed by atoms with Gasteiger partial charge in [-0.1, -0.05) is 35.8 Å². The van der Waals surface area contributed by atoms with E-state index >= 15 is 0 Å². The molecule has 0 spiro atoms. The van der Waals surface area contributed by atoms with Crippen LogP contribution in [0.5, 0.6) is 0 Å². The number of nitrogens with one attached hydrogen (secondary N) is 1. The number of hydrogen-bond donors (Lipinski definition) is 1. The van der Waals surface area contributed by atoms with E-state index in [4.69, 9.17) is 0 Å². The summed E-state index contributed by atoms with van der Waals surface area (Å²) in [6, 6.07) is 7.88. The van der Waals surface area contributed by atoms with E-state index < -0.39 is 0 Å². The summed E-state index contributed by atoms with van der Waals surface area (Å²) in [5.41, 5.74) is 2.70. The average molecular weight is 339 g/mol. The molecule has 1 aliphatic rings. The van der Waals surface area contributed by atoms with Crippen molar-refractivity contribution < 1.29 is 0 Å². The quantitative estimate of drug-likeness (QED) is 0.833. The van der Waals surface area contributed by atoms with Gasteiger partial charge in [0.2, 0.25) is 0 Å². The Morgan fingerprint density at radius 2 is 2.15 bits per heavy atom. The van der Waals surface area contributed by atoms with Gasteiger partial charge in [-0.2, -0.15) is 0 Å². The summed E-state index contributed by atoms with van der Waals surface area (Å²) in [5.74, 6) is 0.800. The molecule has 0 aliphatic carbocycles. The Morgan fingerprint density at radius 1 is 1.40 bits per heavy atom. The molecule has 1 aliphatic heterocycles. The molecule has 2 rings (SSSR count). The number of benzene rings is 1. The summed E-state index contributed by atoms with van der Waals surface area (Å²) in [4.78, 5) is 2.53. The number of anilines is 1. The second-order valence-corrected chi connectivity index (χ2v) is 7.08. The van der Waals surface area contributed by atoms with Gasteiger partial charge in [-0.15, -0.1) is 0 Å². The summed E-state index contributed by atoms with van der Waals surface area (Å²) < 4.78 is 1.22. The summed E-state index contributed by atoms with van der Waals surface area (Å²) in [7, 11) is 0. The summed E-state index contributed by atoms with van der Waals surface area (Å²) in [5, 5.41) is 3.55. The molecule has 1 heterocycles. The molecule has 1 N–H and O–H groups in total. The first-order chi connectivity index (χ1) is 9.52. The van der Waals surface area contributed by atoms with Gasteiger partial charge < -0.3 is 10.2 Å². The van der Waals surface area contributed by atoms with Crippen LogP contribution in [0.2, 0.25) is 0 Å². The molecule has 0 amide bonds. The molecule has 0 radical (unpaired) electrons. The van der Waals surface area contributed by atoms with Crippen LogP contribution in [0.4, 0.5) is 5.69 Å². The van der Waals surface area contributed by atoms with Crippen LogP contribution in [-0.4, -0.2) is 19.1 Å². The second-order valence-electron chi connectivity index (χ2n) is 6.22. The Kier molecular flexibility index (Phi) is 5.50.